The molecule has 2 aromatic heterocycles. The van der Waals surface area contributed by atoms with Gasteiger partial charge in [-0.05, 0) is 28.8 Å². The molecule has 0 bridgehead atoms. The number of hydrogen-bond donors (Lipinski definition) is 2. The van der Waals surface area contributed by atoms with E-state index >= 15 is 0 Å². The van der Waals surface area contributed by atoms with Gasteiger partial charge in [-0.25, -0.2) is 14.9 Å². The third kappa shape index (κ3) is 2.88. The van der Waals surface area contributed by atoms with Crippen LogP contribution in [0.25, 0.3) is 0 Å². The number of ether oxygens (including phenoxy) is 1. The third-order valence-electron chi connectivity index (χ3n) is 1.87. The molecule has 2 heterocycles. The maximum Gasteiger partial charge on any atom is 0.341 e. The molecular weight excluding hydrogens is 256 g/mol. The van der Waals surface area contributed by atoms with E-state index in [-0.39, 0.29) is 5.97 Å². The van der Waals surface area contributed by atoms with Gasteiger partial charge in [0.05, 0.1) is 18.5 Å². The summed E-state index contributed by atoms with van der Waals surface area (Å²) < 4.78 is 4.91. The SMILES string of the molecule is CCOC(=O)c1ccsc1/N=C/Nc1nnn[nH]1. The average Bonchev–Trinajstić information content (AvgIpc) is 3.00. The van der Waals surface area contributed by atoms with E-state index in [0.29, 0.717) is 23.1 Å². The molecule has 0 aliphatic heterocycles. The molecule has 0 atom stereocenters. The van der Waals surface area contributed by atoms with Crippen molar-refractivity contribution in [1.29, 1.82) is 0 Å². The summed E-state index contributed by atoms with van der Waals surface area (Å²) >= 11 is 1.34. The Kier molecular flexibility index (Phi) is 3.97. The fraction of sp³-hybridized carbons (Fsp3) is 0.222. The number of carbonyl (C=O) groups excluding carboxylic acids is 1. The first kappa shape index (κ1) is 12.2. The average molecular weight is 266 g/mol. The molecule has 0 spiro atoms. The summed E-state index contributed by atoms with van der Waals surface area (Å²) in [6.07, 6.45) is 1.40. The minimum atomic E-state index is -0.382. The van der Waals surface area contributed by atoms with Crippen LogP contribution in [0, 0.1) is 0 Å². The van der Waals surface area contributed by atoms with E-state index in [0.717, 1.165) is 0 Å². The minimum Gasteiger partial charge on any atom is -0.462 e. The normalized spacial score (nSPS) is 10.7. The minimum absolute atomic E-state index is 0.333. The number of anilines is 1. The van der Waals surface area contributed by atoms with Crippen LogP contribution in [0.3, 0.4) is 0 Å². The first-order chi connectivity index (χ1) is 8.81. The number of carbonyl (C=O) groups is 1. The number of tetrazole rings is 1. The highest BCUT2D eigenvalue weighted by atomic mass is 32.1. The zero-order valence-electron chi connectivity index (χ0n) is 9.45. The van der Waals surface area contributed by atoms with E-state index < -0.39 is 0 Å². The van der Waals surface area contributed by atoms with Crippen molar-refractivity contribution in [2.24, 2.45) is 4.99 Å². The number of nitrogens with zero attached hydrogens (tertiary/aromatic N) is 4. The molecule has 18 heavy (non-hydrogen) atoms. The van der Waals surface area contributed by atoms with Gasteiger partial charge in [0.1, 0.15) is 5.00 Å². The van der Waals surface area contributed by atoms with Crippen LogP contribution >= 0.6 is 11.3 Å². The van der Waals surface area contributed by atoms with E-state index in [9.17, 15) is 4.79 Å². The van der Waals surface area contributed by atoms with Crippen LogP contribution in [0.15, 0.2) is 16.4 Å². The second kappa shape index (κ2) is 5.87. The number of aliphatic imine (C=N–C) groups is 1. The molecule has 2 aromatic rings. The molecule has 0 aromatic carbocycles. The lowest BCUT2D eigenvalue weighted by molar-refractivity contribution is 0.0528. The van der Waals surface area contributed by atoms with E-state index in [1.807, 2.05) is 0 Å². The van der Waals surface area contributed by atoms with Crippen molar-refractivity contribution in [3.8, 4) is 0 Å². The van der Waals surface area contributed by atoms with Crippen LogP contribution in [0.4, 0.5) is 10.9 Å². The molecule has 0 aliphatic rings. The highest BCUT2D eigenvalue weighted by Crippen LogP contribution is 2.26. The van der Waals surface area contributed by atoms with Gasteiger partial charge in [0, 0.05) is 0 Å². The van der Waals surface area contributed by atoms with E-state index in [4.69, 9.17) is 4.74 Å². The molecule has 0 fully saturated rings. The number of nitrogens with one attached hydrogen (secondary N) is 2. The predicted molar refractivity (Wildman–Crippen MR) is 66.2 cm³/mol. The van der Waals surface area contributed by atoms with Crippen LogP contribution in [-0.4, -0.2) is 39.5 Å². The second-order valence-corrected chi connectivity index (χ2v) is 3.91. The number of aromatic amines is 1. The number of hydrogen-bond acceptors (Lipinski definition) is 7. The van der Waals surface area contributed by atoms with E-state index in [1.54, 1.807) is 18.4 Å². The topological polar surface area (TPSA) is 105 Å². The number of H-pyrrole nitrogens is 1. The molecule has 0 radical (unpaired) electrons. The van der Waals surface area contributed by atoms with Crippen molar-refractivity contribution in [1.82, 2.24) is 20.6 Å². The Morgan fingerprint density at radius 1 is 1.72 bits per heavy atom. The van der Waals surface area contributed by atoms with Crippen LogP contribution in [-0.2, 0) is 4.74 Å². The number of thiophene rings is 1. The van der Waals surface area contributed by atoms with Crippen molar-refractivity contribution in [3.05, 3.63) is 17.0 Å². The Morgan fingerprint density at radius 3 is 3.33 bits per heavy atom. The van der Waals surface area contributed by atoms with Gasteiger partial charge in [-0.2, -0.15) is 0 Å². The highest BCUT2D eigenvalue weighted by Gasteiger charge is 2.12. The molecule has 9 heteroatoms. The van der Waals surface area contributed by atoms with Crippen molar-refractivity contribution >= 4 is 34.6 Å². The maximum absolute atomic E-state index is 11.6. The molecule has 94 valence electrons. The predicted octanol–water partition coefficient (Wildman–Crippen LogP) is 1.21. The summed E-state index contributed by atoms with van der Waals surface area (Å²) in [5.41, 5.74) is 0.440. The molecule has 0 unspecified atom stereocenters. The zero-order chi connectivity index (χ0) is 12.8. The molecule has 8 nitrogen and oxygen atoms in total. The monoisotopic (exact) mass is 266 g/mol. The summed E-state index contributed by atoms with van der Waals surface area (Å²) in [4.78, 5) is 15.7. The van der Waals surface area contributed by atoms with Gasteiger partial charge in [-0.1, -0.05) is 5.10 Å². The van der Waals surface area contributed by atoms with E-state index in [2.05, 4.69) is 30.9 Å². The van der Waals surface area contributed by atoms with Crippen molar-refractivity contribution in [3.63, 3.8) is 0 Å². The fourth-order valence-electron chi connectivity index (χ4n) is 1.14. The first-order valence-corrected chi connectivity index (χ1v) is 5.96. The molecule has 0 saturated heterocycles. The van der Waals surface area contributed by atoms with Gasteiger partial charge in [-0.3, -0.25) is 0 Å². The highest BCUT2D eigenvalue weighted by molar-refractivity contribution is 7.14. The number of aromatic nitrogens is 4. The lowest BCUT2D eigenvalue weighted by Crippen LogP contribution is -2.03. The summed E-state index contributed by atoms with van der Waals surface area (Å²) in [6.45, 7) is 2.09. The van der Waals surface area contributed by atoms with Crippen LogP contribution in [0.5, 0.6) is 0 Å². The molecule has 0 amide bonds. The summed E-state index contributed by atoms with van der Waals surface area (Å²) in [6, 6.07) is 1.67. The van der Waals surface area contributed by atoms with Crippen LogP contribution in [0.1, 0.15) is 17.3 Å². The fourth-order valence-corrected chi connectivity index (χ4v) is 1.86. The standard InChI is InChI=1S/C9H10N6O2S/c1-2-17-8(16)6-3-4-18-7(6)10-5-11-9-12-14-15-13-9/h3-5H,2H2,1H3,(H2,10,11,12,13,14,15). The molecule has 0 saturated carbocycles. The Hall–Kier alpha value is -2.29. The van der Waals surface area contributed by atoms with Crippen molar-refractivity contribution < 1.29 is 9.53 Å². The van der Waals surface area contributed by atoms with Gasteiger partial charge >= 0.3 is 5.97 Å². The quantitative estimate of drug-likeness (QED) is 0.478. The summed E-state index contributed by atoms with van der Waals surface area (Å²) in [5.74, 6) is -0.0137. The van der Waals surface area contributed by atoms with Gasteiger partial charge in [0.2, 0.25) is 5.95 Å². The van der Waals surface area contributed by atoms with Crippen molar-refractivity contribution in [2.45, 2.75) is 6.92 Å². The van der Waals surface area contributed by atoms with Gasteiger partial charge in [0.15, 0.2) is 0 Å². The van der Waals surface area contributed by atoms with Crippen LogP contribution in [0.2, 0.25) is 0 Å². The lowest BCUT2D eigenvalue weighted by atomic mass is 10.3. The Balaban J connectivity index is 2.03. The van der Waals surface area contributed by atoms with Gasteiger partial charge in [-0.15, -0.1) is 11.3 Å². The van der Waals surface area contributed by atoms with Crippen molar-refractivity contribution in [2.75, 3.05) is 11.9 Å². The summed E-state index contributed by atoms with van der Waals surface area (Å²) in [5, 5.41) is 18.0. The van der Waals surface area contributed by atoms with E-state index in [1.165, 1.54) is 17.7 Å². The number of rotatable bonds is 5. The third-order valence-corrected chi connectivity index (χ3v) is 2.69. The number of esters is 1. The largest absolute Gasteiger partial charge is 0.462 e. The van der Waals surface area contributed by atoms with Crippen LogP contribution < -0.4 is 5.32 Å². The second-order valence-electron chi connectivity index (χ2n) is 3.01. The maximum atomic E-state index is 11.6. The van der Waals surface area contributed by atoms with Gasteiger partial charge in [0.25, 0.3) is 0 Å². The Labute approximate surface area is 106 Å². The molecule has 2 rings (SSSR count). The lowest BCUT2D eigenvalue weighted by Gasteiger charge is -1.99. The molecule has 0 aliphatic carbocycles. The first-order valence-electron chi connectivity index (χ1n) is 5.08. The summed E-state index contributed by atoms with van der Waals surface area (Å²) in [7, 11) is 0. The molecular formula is C9H10N6O2S. The Morgan fingerprint density at radius 2 is 2.61 bits per heavy atom. The Bertz CT molecular complexity index is 535. The zero-order valence-corrected chi connectivity index (χ0v) is 10.3. The van der Waals surface area contributed by atoms with Gasteiger partial charge < -0.3 is 10.1 Å². The smallest absolute Gasteiger partial charge is 0.341 e. The molecule has 2 N–H and O–H groups in total.